The lowest BCUT2D eigenvalue weighted by Gasteiger charge is -2.11. The van der Waals surface area contributed by atoms with Crippen molar-refractivity contribution in [2.45, 2.75) is 0 Å². The van der Waals surface area contributed by atoms with E-state index in [1.165, 1.54) is 0 Å². The van der Waals surface area contributed by atoms with Crippen LogP contribution in [-0.2, 0) is 0 Å². The summed E-state index contributed by atoms with van der Waals surface area (Å²) in [6, 6.07) is 13.1. The molecule has 7 heteroatoms. The van der Waals surface area contributed by atoms with Crippen LogP contribution < -0.4 is 5.76 Å². The first-order valence-corrected chi connectivity index (χ1v) is 8.27. The lowest BCUT2D eigenvalue weighted by atomic mass is 10.1. The molecule has 0 aliphatic rings. The first-order chi connectivity index (χ1) is 12.7. The zero-order valence-electron chi connectivity index (χ0n) is 13.3. The van der Waals surface area contributed by atoms with E-state index in [4.69, 9.17) is 21.0 Å². The van der Waals surface area contributed by atoms with Crippen LogP contribution in [0.15, 0.2) is 70.4 Å². The number of aromatic amines is 1. The Bertz CT molecular complexity index is 1320. The first-order valence-electron chi connectivity index (χ1n) is 7.89. The third-order valence-corrected chi connectivity index (χ3v) is 4.48. The van der Waals surface area contributed by atoms with Gasteiger partial charge in [-0.2, -0.15) is 0 Å². The number of H-pyrrole nitrogens is 1. The average molecular weight is 363 g/mol. The molecule has 0 aliphatic heterocycles. The molecule has 0 fully saturated rings. The molecule has 5 rings (SSSR count). The number of aromatic nitrogens is 4. The highest BCUT2D eigenvalue weighted by Crippen LogP contribution is 2.30. The number of oxazole rings is 1. The van der Waals surface area contributed by atoms with Crippen LogP contribution >= 0.6 is 11.6 Å². The highest BCUT2D eigenvalue weighted by molar-refractivity contribution is 6.31. The Hall–Kier alpha value is -3.38. The van der Waals surface area contributed by atoms with Gasteiger partial charge in [0.05, 0.1) is 28.7 Å². The Labute approximate surface area is 151 Å². The van der Waals surface area contributed by atoms with Crippen molar-refractivity contribution in [2.75, 3.05) is 0 Å². The maximum absolute atomic E-state index is 11.4. The van der Waals surface area contributed by atoms with E-state index in [9.17, 15) is 4.79 Å². The predicted octanol–water partition coefficient (Wildman–Crippen LogP) is 4.18. The van der Waals surface area contributed by atoms with Crippen molar-refractivity contribution in [1.29, 1.82) is 0 Å². The molecule has 2 aromatic carbocycles. The van der Waals surface area contributed by atoms with Crippen molar-refractivity contribution in [3.05, 3.63) is 76.8 Å². The molecule has 126 valence electrons. The maximum Gasteiger partial charge on any atom is 0.417 e. The Balaban J connectivity index is 1.80. The minimum Gasteiger partial charge on any atom is -0.408 e. The van der Waals surface area contributed by atoms with E-state index in [-0.39, 0.29) is 0 Å². The van der Waals surface area contributed by atoms with Gasteiger partial charge in [0, 0.05) is 28.4 Å². The monoisotopic (exact) mass is 362 g/mol. The number of rotatable bonds is 2. The van der Waals surface area contributed by atoms with Crippen molar-refractivity contribution < 1.29 is 4.42 Å². The molecule has 3 heterocycles. The molecule has 0 spiro atoms. The van der Waals surface area contributed by atoms with Crippen molar-refractivity contribution in [1.82, 2.24) is 19.5 Å². The van der Waals surface area contributed by atoms with E-state index >= 15 is 0 Å². The number of nitrogens with zero attached hydrogens (tertiary/aromatic N) is 3. The number of nitrogens with one attached hydrogen (secondary N) is 1. The Kier molecular flexibility index (Phi) is 3.20. The second-order valence-corrected chi connectivity index (χ2v) is 6.32. The summed E-state index contributed by atoms with van der Waals surface area (Å²) in [7, 11) is 0. The molecule has 0 saturated heterocycles. The van der Waals surface area contributed by atoms with E-state index < -0.39 is 5.76 Å². The molecule has 1 N–H and O–H groups in total. The number of hydrogen-bond acceptors (Lipinski definition) is 4. The molecule has 6 nitrogen and oxygen atoms in total. The summed E-state index contributed by atoms with van der Waals surface area (Å²) in [5.41, 5.74) is 4.48. The summed E-state index contributed by atoms with van der Waals surface area (Å²) in [4.78, 5) is 22.9. The number of hydrogen-bond donors (Lipinski definition) is 1. The van der Waals surface area contributed by atoms with Crippen molar-refractivity contribution in [3.8, 4) is 16.9 Å². The SMILES string of the molecule is O=c1[nH]c2cc(-c3cc(-n4ccnc4)c4ccc(Cl)cc4n3)ccc2o1. The second kappa shape index (κ2) is 5.57. The minimum absolute atomic E-state index is 0.477. The lowest BCUT2D eigenvalue weighted by Crippen LogP contribution is -1.96. The van der Waals surface area contributed by atoms with E-state index in [1.807, 2.05) is 47.2 Å². The third-order valence-electron chi connectivity index (χ3n) is 4.25. The van der Waals surface area contributed by atoms with Crippen LogP contribution in [-0.4, -0.2) is 19.5 Å². The molecular formula is C19H11ClN4O2. The Morgan fingerprint density at radius 2 is 2.04 bits per heavy atom. The van der Waals surface area contributed by atoms with Gasteiger partial charge in [0.1, 0.15) is 0 Å². The second-order valence-electron chi connectivity index (χ2n) is 5.88. The van der Waals surface area contributed by atoms with Crippen LogP contribution in [0.1, 0.15) is 0 Å². The largest absolute Gasteiger partial charge is 0.417 e. The summed E-state index contributed by atoms with van der Waals surface area (Å²) in [6.45, 7) is 0. The number of fused-ring (bicyclic) bond motifs is 2. The number of benzene rings is 2. The molecule has 0 amide bonds. The van der Waals surface area contributed by atoms with Gasteiger partial charge in [-0.05, 0) is 42.5 Å². The van der Waals surface area contributed by atoms with E-state index in [0.29, 0.717) is 16.1 Å². The molecule has 5 aromatic rings. The van der Waals surface area contributed by atoms with Crippen molar-refractivity contribution in [3.63, 3.8) is 0 Å². The van der Waals surface area contributed by atoms with Gasteiger partial charge in [-0.15, -0.1) is 0 Å². The van der Waals surface area contributed by atoms with Gasteiger partial charge in [-0.1, -0.05) is 11.6 Å². The van der Waals surface area contributed by atoms with Crippen LogP contribution in [0.4, 0.5) is 0 Å². The van der Waals surface area contributed by atoms with E-state index in [0.717, 1.165) is 27.8 Å². The lowest BCUT2D eigenvalue weighted by molar-refractivity contribution is 0.555. The normalized spacial score (nSPS) is 11.4. The maximum atomic E-state index is 11.4. The Morgan fingerprint density at radius 1 is 1.12 bits per heavy atom. The molecule has 0 radical (unpaired) electrons. The Morgan fingerprint density at radius 3 is 2.88 bits per heavy atom. The molecule has 0 unspecified atom stereocenters. The zero-order valence-corrected chi connectivity index (χ0v) is 14.1. The van der Waals surface area contributed by atoms with Gasteiger partial charge in [0.15, 0.2) is 5.58 Å². The molecule has 3 aromatic heterocycles. The van der Waals surface area contributed by atoms with Crippen molar-refractivity contribution >= 4 is 33.6 Å². The standard InChI is InChI=1S/C19H11ClN4O2/c20-12-2-3-13-15(8-12)22-14(9-17(13)24-6-5-21-10-24)11-1-4-18-16(7-11)23-19(25)26-18/h1-10H,(H,23,25). The fourth-order valence-corrected chi connectivity index (χ4v) is 3.22. The van der Waals surface area contributed by atoms with Gasteiger partial charge < -0.3 is 8.98 Å². The zero-order chi connectivity index (χ0) is 17.7. The average Bonchev–Trinajstić information content (AvgIpc) is 3.28. The van der Waals surface area contributed by atoms with Crippen LogP contribution in [0.5, 0.6) is 0 Å². The van der Waals surface area contributed by atoms with Gasteiger partial charge in [-0.25, -0.2) is 14.8 Å². The molecule has 26 heavy (non-hydrogen) atoms. The van der Waals surface area contributed by atoms with Crippen LogP contribution in [0.25, 0.3) is 38.9 Å². The summed E-state index contributed by atoms with van der Waals surface area (Å²) in [5.74, 6) is -0.477. The van der Waals surface area contributed by atoms with E-state index in [2.05, 4.69) is 9.97 Å². The fourth-order valence-electron chi connectivity index (χ4n) is 3.06. The first kappa shape index (κ1) is 14.9. The van der Waals surface area contributed by atoms with Gasteiger partial charge in [0.2, 0.25) is 0 Å². The minimum atomic E-state index is -0.477. The smallest absolute Gasteiger partial charge is 0.408 e. The summed E-state index contributed by atoms with van der Waals surface area (Å²) >= 11 is 6.16. The summed E-state index contributed by atoms with van der Waals surface area (Å²) in [6.07, 6.45) is 5.35. The molecular weight excluding hydrogens is 352 g/mol. The quantitative estimate of drug-likeness (QED) is 0.511. The molecule has 0 bridgehead atoms. The highest BCUT2D eigenvalue weighted by atomic mass is 35.5. The molecule has 0 saturated carbocycles. The van der Waals surface area contributed by atoms with Crippen LogP contribution in [0, 0.1) is 0 Å². The topological polar surface area (TPSA) is 76.7 Å². The summed E-state index contributed by atoms with van der Waals surface area (Å²) in [5, 5.41) is 1.59. The van der Waals surface area contributed by atoms with Crippen molar-refractivity contribution in [2.24, 2.45) is 0 Å². The number of halogens is 1. The fraction of sp³-hybridized carbons (Fsp3) is 0. The number of pyridine rings is 1. The highest BCUT2D eigenvalue weighted by Gasteiger charge is 2.11. The third kappa shape index (κ3) is 2.39. The van der Waals surface area contributed by atoms with Gasteiger partial charge >= 0.3 is 5.76 Å². The van der Waals surface area contributed by atoms with E-state index in [1.54, 1.807) is 18.6 Å². The van der Waals surface area contributed by atoms with Gasteiger partial charge in [-0.3, -0.25) is 4.98 Å². The summed E-state index contributed by atoms with van der Waals surface area (Å²) < 4.78 is 7.00. The number of imidazole rings is 1. The van der Waals surface area contributed by atoms with Crippen LogP contribution in [0.2, 0.25) is 5.02 Å². The molecule has 0 atom stereocenters. The van der Waals surface area contributed by atoms with Gasteiger partial charge in [0.25, 0.3) is 0 Å². The van der Waals surface area contributed by atoms with Crippen LogP contribution in [0.3, 0.4) is 0 Å². The molecule has 0 aliphatic carbocycles. The predicted molar refractivity (Wildman–Crippen MR) is 99.7 cm³/mol.